The van der Waals surface area contributed by atoms with Crippen LogP contribution in [0.25, 0.3) is 10.9 Å². The molecule has 0 spiro atoms. The fourth-order valence-electron chi connectivity index (χ4n) is 3.62. The fraction of sp³-hybridized carbons (Fsp3) is 0.333. The van der Waals surface area contributed by atoms with E-state index in [0.29, 0.717) is 18.0 Å². The Balaban J connectivity index is 1.65. The van der Waals surface area contributed by atoms with E-state index >= 15 is 0 Å². The quantitative estimate of drug-likeness (QED) is 0.340. The highest BCUT2D eigenvalue weighted by Crippen LogP contribution is 2.35. The Labute approximate surface area is 181 Å². The van der Waals surface area contributed by atoms with Gasteiger partial charge < -0.3 is 15.0 Å². The Bertz CT molecular complexity index is 1170. The number of rotatable bonds is 6. The molecule has 168 valence electrons. The normalized spacial score (nSPS) is 15.1. The zero-order chi connectivity index (χ0) is 22.8. The van der Waals surface area contributed by atoms with Crippen molar-refractivity contribution in [3.63, 3.8) is 0 Å². The van der Waals surface area contributed by atoms with Crippen molar-refractivity contribution in [3.05, 3.63) is 58.2 Å². The van der Waals surface area contributed by atoms with Crippen LogP contribution < -0.4 is 10.1 Å². The molecule has 0 aliphatic carbocycles. The molecule has 0 bridgehead atoms. The van der Waals surface area contributed by atoms with E-state index in [-0.39, 0.29) is 28.3 Å². The fourth-order valence-corrected chi connectivity index (χ4v) is 3.62. The van der Waals surface area contributed by atoms with E-state index < -0.39 is 22.4 Å². The second kappa shape index (κ2) is 8.95. The molecule has 0 unspecified atom stereocenters. The van der Waals surface area contributed by atoms with Gasteiger partial charge in [-0.15, -0.1) is 0 Å². The van der Waals surface area contributed by atoms with Gasteiger partial charge in [0.15, 0.2) is 23.2 Å². The molecular formula is C21H20F3N5O3. The number of nitrogens with zero attached hydrogens (tertiary/aromatic N) is 4. The number of ether oxygens (including phenoxy) is 1. The Morgan fingerprint density at radius 2 is 1.94 bits per heavy atom. The molecule has 1 aliphatic heterocycles. The Morgan fingerprint density at radius 1 is 1.19 bits per heavy atom. The Kier molecular flexibility index (Phi) is 6.08. The average Bonchev–Trinajstić information content (AvgIpc) is 2.78. The van der Waals surface area contributed by atoms with Gasteiger partial charge in [0.1, 0.15) is 12.1 Å². The minimum absolute atomic E-state index is 0.00451. The molecule has 3 aromatic rings. The first-order valence-corrected chi connectivity index (χ1v) is 9.98. The lowest BCUT2D eigenvalue weighted by atomic mass is 9.98. The maximum atomic E-state index is 14.1. The van der Waals surface area contributed by atoms with Crippen molar-refractivity contribution in [1.82, 2.24) is 14.9 Å². The zero-order valence-electron chi connectivity index (χ0n) is 17.1. The maximum absolute atomic E-state index is 14.1. The molecule has 1 aromatic heterocycles. The van der Waals surface area contributed by atoms with Crippen molar-refractivity contribution in [2.24, 2.45) is 5.92 Å². The first-order valence-electron chi connectivity index (χ1n) is 9.98. The standard InChI is InChI=1S/C21H20F3N5O3/c1-28-6-4-12(5-7-28)10-32-18-9-16-13(8-17(18)29(30)31)21(26-11-25-16)27-15-3-2-14(22)19(23)20(15)24/h2-3,8-9,11-12H,4-7,10H2,1H3,(H,25,26,27). The maximum Gasteiger partial charge on any atom is 0.311 e. The number of benzene rings is 2. The molecule has 0 amide bonds. The number of nitro groups is 1. The summed E-state index contributed by atoms with van der Waals surface area (Å²) in [5.41, 5.74) is -0.349. The third-order valence-electron chi connectivity index (χ3n) is 5.51. The second-order valence-corrected chi connectivity index (χ2v) is 7.72. The summed E-state index contributed by atoms with van der Waals surface area (Å²) in [6.45, 7) is 2.23. The summed E-state index contributed by atoms with van der Waals surface area (Å²) in [6.07, 6.45) is 3.05. The molecule has 1 fully saturated rings. The zero-order valence-corrected chi connectivity index (χ0v) is 17.1. The SMILES string of the molecule is CN1CCC(COc2cc3ncnc(Nc4ccc(F)c(F)c4F)c3cc2[N+](=O)[O-])CC1. The van der Waals surface area contributed by atoms with Gasteiger partial charge in [0.2, 0.25) is 0 Å². The van der Waals surface area contributed by atoms with Gasteiger partial charge in [-0.1, -0.05) is 0 Å². The van der Waals surface area contributed by atoms with Crippen molar-refractivity contribution in [1.29, 1.82) is 0 Å². The lowest BCUT2D eigenvalue weighted by Gasteiger charge is -2.28. The van der Waals surface area contributed by atoms with E-state index in [2.05, 4.69) is 20.2 Å². The van der Waals surface area contributed by atoms with E-state index in [1.165, 1.54) is 18.5 Å². The van der Waals surface area contributed by atoms with Gasteiger partial charge in [0, 0.05) is 12.1 Å². The van der Waals surface area contributed by atoms with E-state index in [1.807, 2.05) is 7.05 Å². The molecule has 8 nitrogen and oxygen atoms in total. The van der Waals surface area contributed by atoms with E-state index in [1.54, 1.807) is 0 Å². The smallest absolute Gasteiger partial charge is 0.311 e. The predicted molar refractivity (Wildman–Crippen MR) is 112 cm³/mol. The van der Waals surface area contributed by atoms with Crippen molar-refractivity contribution >= 4 is 28.1 Å². The summed E-state index contributed by atoms with van der Waals surface area (Å²) >= 11 is 0. The Morgan fingerprint density at radius 3 is 2.66 bits per heavy atom. The number of halogens is 3. The summed E-state index contributed by atoms with van der Waals surface area (Å²) < 4.78 is 46.6. The molecular weight excluding hydrogens is 427 g/mol. The van der Waals surface area contributed by atoms with Crippen LogP contribution in [0.5, 0.6) is 5.75 Å². The summed E-state index contributed by atoms with van der Waals surface area (Å²) in [6, 6.07) is 4.42. The van der Waals surface area contributed by atoms with Crippen LogP contribution in [0.4, 0.5) is 30.4 Å². The first-order chi connectivity index (χ1) is 15.3. The molecule has 2 heterocycles. The van der Waals surface area contributed by atoms with Gasteiger partial charge in [-0.25, -0.2) is 23.1 Å². The monoisotopic (exact) mass is 447 g/mol. The first kappa shape index (κ1) is 21.8. The minimum atomic E-state index is -1.64. The third kappa shape index (κ3) is 4.42. The highest BCUT2D eigenvalue weighted by Gasteiger charge is 2.23. The molecule has 4 rings (SSSR count). The van der Waals surface area contributed by atoms with E-state index in [4.69, 9.17) is 4.74 Å². The third-order valence-corrected chi connectivity index (χ3v) is 5.51. The van der Waals surface area contributed by atoms with Crippen molar-refractivity contribution in [2.45, 2.75) is 12.8 Å². The number of nitrogens with one attached hydrogen (secondary N) is 1. The van der Waals surface area contributed by atoms with Crippen LogP contribution in [0.3, 0.4) is 0 Å². The van der Waals surface area contributed by atoms with Crippen LogP contribution in [0.15, 0.2) is 30.6 Å². The number of nitro benzene ring substituents is 1. The second-order valence-electron chi connectivity index (χ2n) is 7.72. The predicted octanol–water partition coefficient (Wildman–Crippen LogP) is 4.42. The van der Waals surface area contributed by atoms with Crippen molar-refractivity contribution < 1.29 is 22.8 Å². The molecule has 0 atom stereocenters. The lowest BCUT2D eigenvalue weighted by molar-refractivity contribution is -0.385. The number of fused-ring (bicyclic) bond motifs is 1. The summed E-state index contributed by atoms with van der Waals surface area (Å²) in [4.78, 5) is 21.4. The molecule has 1 N–H and O–H groups in total. The van der Waals surface area contributed by atoms with Crippen molar-refractivity contribution in [2.75, 3.05) is 32.1 Å². The van der Waals surface area contributed by atoms with Crippen LogP contribution in [0.1, 0.15) is 12.8 Å². The van der Waals surface area contributed by atoms with E-state index in [9.17, 15) is 23.3 Å². The Hall–Kier alpha value is -3.47. The number of anilines is 2. The van der Waals surface area contributed by atoms with Gasteiger partial charge in [-0.05, 0) is 51.0 Å². The molecule has 2 aromatic carbocycles. The molecule has 32 heavy (non-hydrogen) atoms. The largest absolute Gasteiger partial charge is 0.486 e. The molecule has 0 radical (unpaired) electrons. The molecule has 11 heteroatoms. The highest BCUT2D eigenvalue weighted by atomic mass is 19.2. The van der Waals surface area contributed by atoms with Gasteiger partial charge in [-0.3, -0.25) is 10.1 Å². The van der Waals surface area contributed by atoms with Crippen molar-refractivity contribution in [3.8, 4) is 5.75 Å². The van der Waals surface area contributed by atoms with Crippen LogP contribution in [-0.2, 0) is 0 Å². The lowest BCUT2D eigenvalue weighted by Crippen LogP contribution is -2.32. The van der Waals surface area contributed by atoms with Gasteiger partial charge in [-0.2, -0.15) is 0 Å². The molecule has 1 aliphatic rings. The van der Waals surface area contributed by atoms with Crippen LogP contribution in [-0.4, -0.2) is 46.5 Å². The van der Waals surface area contributed by atoms with Crippen LogP contribution in [0.2, 0.25) is 0 Å². The average molecular weight is 447 g/mol. The summed E-state index contributed by atoms with van der Waals surface area (Å²) in [7, 11) is 2.04. The number of aromatic nitrogens is 2. The topological polar surface area (TPSA) is 93.4 Å². The number of hydrogen-bond acceptors (Lipinski definition) is 7. The minimum Gasteiger partial charge on any atom is -0.486 e. The highest BCUT2D eigenvalue weighted by molar-refractivity contribution is 5.93. The molecule has 0 saturated carbocycles. The number of piperidine rings is 1. The van der Waals surface area contributed by atoms with E-state index in [0.717, 1.165) is 38.1 Å². The summed E-state index contributed by atoms with van der Waals surface area (Å²) in [5, 5.41) is 14.4. The van der Waals surface area contributed by atoms with Crippen LogP contribution >= 0.6 is 0 Å². The summed E-state index contributed by atoms with van der Waals surface area (Å²) in [5.74, 6) is -4.02. The number of hydrogen-bond donors (Lipinski definition) is 1. The van der Waals surface area contributed by atoms with Crippen LogP contribution in [0, 0.1) is 33.5 Å². The van der Waals surface area contributed by atoms with Gasteiger partial charge in [0.05, 0.1) is 28.1 Å². The molecule has 1 saturated heterocycles. The van der Waals surface area contributed by atoms with Gasteiger partial charge in [0.25, 0.3) is 0 Å². The van der Waals surface area contributed by atoms with Gasteiger partial charge >= 0.3 is 5.69 Å². The number of likely N-dealkylation sites (tertiary alicyclic amines) is 1.